The van der Waals surface area contributed by atoms with Gasteiger partial charge in [0.1, 0.15) is 16.4 Å². The van der Waals surface area contributed by atoms with E-state index in [0.717, 1.165) is 20.6 Å². The molecule has 1 aliphatic heterocycles. The van der Waals surface area contributed by atoms with Crippen molar-refractivity contribution >= 4 is 54.1 Å². The van der Waals surface area contributed by atoms with Crippen LogP contribution >= 0.6 is 27.3 Å². The molecule has 1 saturated heterocycles. The monoisotopic (exact) mass is 442 g/mol. The number of aromatic nitrogens is 4. The highest BCUT2D eigenvalue weighted by molar-refractivity contribution is 9.11. The fraction of sp³-hybridized carbons (Fsp3) is 0.357. The molecule has 25 heavy (non-hydrogen) atoms. The molecule has 0 aliphatic carbocycles. The van der Waals surface area contributed by atoms with E-state index in [1.807, 2.05) is 7.05 Å². The number of hydrogen-bond donors (Lipinski definition) is 0. The molecule has 1 aliphatic rings. The summed E-state index contributed by atoms with van der Waals surface area (Å²) in [5.41, 5.74) is 0.767. The van der Waals surface area contributed by atoms with Gasteiger partial charge in [0.25, 0.3) is 10.0 Å². The highest BCUT2D eigenvalue weighted by Crippen LogP contribution is 2.30. The Kier molecular flexibility index (Phi) is 4.26. The summed E-state index contributed by atoms with van der Waals surface area (Å²) in [6.45, 7) is 1.99. The first-order chi connectivity index (χ1) is 12.0. The van der Waals surface area contributed by atoms with Gasteiger partial charge in [0, 0.05) is 33.2 Å². The smallest absolute Gasteiger partial charge is 0.252 e. The second-order valence-electron chi connectivity index (χ2n) is 5.65. The number of anilines is 1. The van der Waals surface area contributed by atoms with Gasteiger partial charge in [-0.05, 0) is 28.1 Å². The van der Waals surface area contributed by atoms with Crippen molar-refractivity contribution in [2.75, 3.05) is 31.1 Å². The van der Waals surface area contributed by atoms with Crippen LogP contribution < -0.4 is 4.90 Å². The Morgan fingerprint density at radius 1 is 1.16 bits per heavy atom. The van der Waals surface area contributed by atoms with Crippen molar-refractivity contribution in [3.8, 4) is 0 Å². The van der Waals surface area contributed by atoms with Gasteiger partial charge in [-0.25, -0.2) is 18.4 Å². The maximum absolute atomic E-state index is 12.7. The van der Waals surface area contributed by atoms with Gasteiger partial charge in [-0.2, -0.15) is 9.40 Å². The SMILES string of the molecule is Cn1ncc2c(N3CCN(S(=O)(=O)c4ccc(Br)s4)CC3)ncnc21. The van der Waals surface area contributed by atoms with E-state index in [-0.39, 0.29) is 0 Å². The first-order valence-electron chi connectivity index (χ1n) is 7.60. The van der Waals surface area contributed by atoms with E-state index in [9.17, 15) is 8.42 Å². The molecule has 1 fully saturated rings. The van der Waals surface area contributed by atoms with Crippen LogP contribution in [0.1, 0.15) is 0 Å². The van der Waals surface area contributed by atoms with Crippen molar-refractivity contribution in [1.29, 1.82) is 0 Å². The standard InChI is InChI=1S/C14H15BrN6O2S2/c1-19-13-10(8-18-19)14(17-9-16-13)20-4-6-21(7-5-20)25(22,23)12-3-2-11(15)24-12/h2-3,8-9H,4-7H2,1H3. The number of sulfonamides is 1. The number of fused-ring (bicyclic) bond motifs is 1. The summed E-state index contributed by atoms with van der Waals surface area (Å²) in [7, 11) is -1.60. The minimum Gasteiger partial charge on any atom is -0.353 e. The summed E-state index contributed by atoms with van der Waals surface area (Å²) in [6.07, 6.45) is 3.27. The normalized spacial score (nSPS) is 16.6. The predicted octanol–water partition coefficient (Wildman–Crippen LogP) is 1.70. The van der Waals surface area contributed by atoms with Crippen molar-refractivity contribution < 1.29 is 8.42 Å². The van der Waals surface area contributed by atoms with Crippen molar-refractivity contribution in [1.82, 2.24) is 24.1 Å². The van der Waals surface area contributed by atoms with Crippen LogP contribution in [-0.2, 0) is 17.1 Å². The number of halogens is 1. The first kappa shape index (κ1) is 16.9. The van der Waals surface area contributed by atoms with Crippen LogP contribution in [-0.4, -0.2) is 58.7 Å². The highest BCUT2D eigenvalue weighted by atomic mass is 79.9. The Bertz CT molecular complexity index is 1020. The van der Waals surface area contributed by atoms with E-state index < -0.39 is 10.0 Å². The molecule has 11 heteroatoms. The Labute approximate surface area is 157 Å². The summed E-state index contributed by atoms with van der Waals surface area (Å²) < 4.78 is 29.8. The number of aryl methyl sites for hydroxylation is 1. The molecule has 0 atom stereocenters. The number of thiophene rings is 1. The Morgan fingerprint density at radius 3 is 2.60 bits per heavy atom. The molecule has 3 aromatic heterocycles. The van der Waals surface area contributed by atoms with Crippen LogP contribution in [0, 0.1) is 0 Å². The van der Waals surface area contributed by atoms with Gasteiger partial charge in [-0.15, -0.1) is 11.3 Å². The Hall–Kier alpha value is -1.56. The summed E-state index contributed by atoms with van der Waals surface area (Å²) in [4.78, 5) is 10.7. The first-order valence-corrected chi connectivity index (χ1v) is 10.6. The Balaban J connectivity index is 1.55. The second kappa shape index (κ2) is 6.31. The molecular weight excluding hydrogens is 428 g/mol. The zero-order valence-electron chi connectivity index (χ0n) is 13.3. The fourth-order valence-corrected chi connectivity index (χ4v) is 6.49. The van der Waals surface area contributed by atoms with Gasteiger partial charge in [0.05, 0.1) is 15.4 Å². The summed E-state index contributed by atoms with van der Waals surface area (Å²) >= 11 is 4.55. The quantitative estimate of drug-likeness (QED) is 0.613. The molecule has 0 radical (unpaired) electrons. The molecule has 0 spiro atoms. The van der Waals surface area contributed by atoms with E-state index in [1.54, 1.807) is 23.0 Å². The third-order valence-electron chi connectivity index (χ3n) is 4.19. The van der Waals surface area contributed by atoms with E-state index in [4.69, 9.17) is 0 Å². The molecule has 8 nitrogen and oxygen atoms in total. The van der Waals surface area contributed by atoms with E-state index in [1.165, 1.54) is 22.0 Å². The molecule has 4 rings (SSSR count). The molecule has 0 aromatic carbocycles. The molecule has 0 N–H and O–H groups in total. The number of nitrogens with zero attached hydrogens (tertiary/aromatic N) is 6. The molecule has 132 valence electrons. The maximum Gasteiger partial charge on any atom is 0.252 e. The van der Waals surface area contributed by atoms with Crippen LogP contribution in [0.25, 0.3) is 11.0 Å². The third-order valence-corrected chi connectivity index (χ3v) is 8.18. The Morgan fingerprint density at radius 2 is 1.92 bits per heavy atom. The average Bonchev–Trinajstić information content (AvgIpc) is 3.22. The molecule has 4 heterocycles. The largest absolute Gasteiger partial charge is 0.353 e. The van der Waals surface area contributed by atoms with Gasteiger partial charge in [0.2, 0.25) is 0 Å². The lowest BCUT2D eigenvalue weighted by Gasteiger charge is -2.34. The van der Waals surface area contributed by atoms with Crippen molar-refractivity contribution in [2.24, 2.45) is 7.05 Å². The van der Waals surface area contributed by atoms with Crippen molar-refractivity contribution in [2.45, 2.75) is 4.21 Å². The van der Waals surface area contributed by atoms with Gasteiger partial charge in [-0.3, -0.25) is 4.68 Å². The van der Waals surface area contributed by atoms with Gasteiger partial charge < -0.3 is 4.90 Å². The molecule has 3 aromatic rings. The molecule has 0 bridgehead atoms. The zero-order valence-corrected chi connectivity index (χ0v) is 16.6. The summed E-state index contributed by atoms with van der Waals surface area (Å²) in [6, 6.07) is 3.40. The molecule has 0 unspecified atom stereocenters. The number of rotatable bonds is 3. The maximum atomic E-state index is 12.7. The van der Waals surface area contributed by atoms with Crippen molar-refractivity contribution in [3.05, 3.63) is 28.4 Å². The topological polar surface area (TPSA) is 84.2 Å². The van der Waals surface area contributed by atoms with Crippen LogP contribution in [0.2, 0.25) is 0 Å². The lowest BCUT2D eigenvalue weighted by Crippen LogP contribution is -2.48. The summed E-state index contributed by atoms with van der Waals surface area (Å²) in [5, 5.41) is 5.10. The fourth-order valence-electron chi connectivity index (χ4n) is 2.91. The minimum atomic E-state index is -3.44. The summed E-state index contributed by atoms with van der Waals surface area (Å²) in [5.74, 6) is 0.800. The highest BCUT2D eigenvalue weighted by Gasteiger charge is 2.30. The van der Waals surface area contributed by atoms with E-state index in [2.05, 4.69) is 35.9 Å². The minimum absolute atomic E-state index is 0.365. The van der Waals surface area contributed by atoms with Gasteiger partial charge in [0.15, 0.2) is 5.65 Å². The van der Waals surface area contributed by atoms with E-state index >= 15 is 0 Å². The molecule has 0 saturated carbocycles. The van der Waals surface area contributed by atoms with Crippen LogP contribution in [0.5, 0.6) is 0 Å². The second-order valence-corrected chi connectivity index (χ2v) is 10.3. The molecule has 0 amide bonds. The predicted molar refractivity (Wildman–Crippen MR) is 99.3 cm³/mol. The average molecular weight is 443 g/mol. The van der Waals surface area contributed by atoms with Crippen LogP contribution in [0.3, 0.4) is 0 Å². The van der Waals surface area contributed by atoms with Crippen molar-refractivity contribution in [3.63, 3.8) is 0 Å². The number of hydrogen-bond acceptors (Lipinski definition) is 7. The van der Waals surface area contributed by atoms with Crippen LogP contribution in [0.4, 0.5) is 5.82 Å². The van der Waals surface area contributed by atoms with E-state index in [0.29, 0.717) is 30.4 Å². The van der Waals surface area contributed by atoms with Crippen LogP contribution in [0.15, 0.2) is 32.7 Å². The molecular formula is C14H15BrN6O2S2. The lowest BCUT2D eigenvalue weighted by molar-refractivity contribution is 0.385. The zero-order chi connectivity index (χ0) is 17.6. The van der Waals surface area contributed by atoms with Gasteiger partial charge >= 0.3 is 0 Å². The lowest BCUT2D eigenvalue weighted by atomic mass is 10.3. The number of piperazine rings is 1. The third kappa shape index (κ3) is 2.94. The van der Waals surface area contributed by atoms with Gasteiger partial charge in [-0.1, -0.05) is 0 Å².